The summed E-state index contributed by atoms with van der Waals surface area (Å²) in [6, 6.07) is 5.33. The molecule has 0 bridgehead atoms. The smallest absolute Gasteiger partial charge is 0.240 e. The van der Waals surface area contributed by atoms with Crippen LogP contribution < -0.4 is 10.0 Å². The molecule has 1 atom stereocenters. The molecule has 110 valence electrons. The largest absolute Gasteiger partial charge is 0.377 e. The molecule has 1 saturated heterocycles. The zero-order valence-electron chi connectivity index (χ0n) is 11.4. The SMILES string of the molecule is O=S(=O)(NCC1CCCCO1)c1ccc2c(c1)CNC2. The second kappa shape index (κ2) is 5.81. The van der Waals surface area contributed by atoms with E-state index in [-0.39, 0.29) is 6.10 Å². The topological polar surface area (TPSA) is 67.4 Å². The molecule has 0 aromatic heterocycles. The van der Waals surface area contributed by atoms with E-state index in [9.17, 15) is 8.42 Å². The molecule has 2 aliphatic heterocycles. The number of hydrogen-bond donors (Lipinski definition) is 2. The van der Waals surface area contributed by atoms with E-state index in [1.807, 2.05) is 6.07 Å². The van der Waals surface area contributed by atoms with Crippen molar-refractivity contribution in [2.75, 3.05) is 13.2 Å². The third kappa shape index (κ3) is 3.03. The Morgan fingerprint density at radius 3 is 2.90 bits per heavy atom. The molecular weight excluding hydrogens is 276 g/mol. The minimum Gasteiger partial charge on any atom is -0.377 e. The van der Waals surface area contributed by atoms with Crippen LogP contribution in [0.1, 0.15) is 30.4 Å². The summed E-state index contributed by atoms with van der Waals surface area (Å²) in [6.07, 6.45) is 3.11. The molecule has 2 heterocycles. The van der Waals surface area contributed by atoms with Gasteiger partial charge in [0.2, 0.25) is 10.0 Å². The Kier molecular flexibility index (Phi) is 4.07. The van der Waals surface area contributed by atoms with Crippen molar-refractivity contribution in [3.05, 3.63) is 29.3 Å². The van der Waals surface area contributed by atoms with E-state index < -0.39 is 10.0 Å². The minimum atomic E-state index is -3.44. The van der Waals surface area contributed by atoms with Gasteiger partial charge in [0.1, 0.15) is 0 Å². The molecule has 0 spiro atoms. The lowest BCUT2D eigenvalue weighted by Gasteiger charge is -2.22. The first-order valence-electron chi connectivity index (χ1n) is 7.09. The van der Waals surface area contributed by atoms with E-state index in [0.29, 0.717) is 11.4 Å². The highest BCUT2D eigenvalue weighted by atomic mass is 32.2. The summed E-state index contributed by atoms with van der Waals surface area (Å²) >= 11 is 0. The maximum Gasteiger partial charge on any atom is 0.240 e. The third-order valence-corrected chi connectivity index (χ3v) is 5.32. The normalized spacial score (nSPS) is 22.7. The molecule has 3 rings (SSSR count). The minimum absolute atomic E-state index is 0.00891. The number of sulfonamides is 1. The van der Waals surface area contributed by atoms with Gasteiger partial charge in [-0.15, -0.1) is 0 Å². The van der Waals surface area contributed by atoms with Crippen LogP contribution in [0, 0.1) is 0 Å². The summed E-state index contributed by atoms with van der Waals surface area (Å²) in [4.78, 5) is 0.343. The second-order valence-corrected chi connectivity index (χ2v) is 7.14. The highest BCUT2D eigenvalue weighted by molar-refractivity contribution is 7.89. The van der Waals surface area contributed by atoms with E-state index in [1.54, 1.807) is 12.1 Å². The molecule has 1 aromatic carbocycles. The van der Waals surface area contributed by atoms with Crippen molar-refractivity contribution >= 4 is 10.0 Å². The van der Waals surface area contributed by atoms with E-state index in [4.69, 9.17) is 4.74 Å². The molecule has 1 aromatic rings. The Morgan fingerprint density at radius 2 is 2.10 bits per heavy atom. The fourth-order valence-corrected chi connectivity index (χ4v) is 3.81. The van der Waals surface area contributed by atoms with Crippen LogP contribution in [0.4, 0.5) is 0 Å². The Labute approximate surface area is 119 Å². The summed E-state index contributed by atoms with van der Waals surface area (Å²) in [6.45, 7) is 2.65. The molecule has 0 amide bonds. The number of nitrogens with one attached hydrogen (secondary N) is 2. The molecule has 6 heteroatoms. The first-order valence-corrected chi connectivity index (χ1v) is 8.57. The third-order valence-electron chi connectivity index (χ3n) is 3.89. The lowest BCUT2D eigenvalue weighted by Crippen LogP contribution is -2.35. The van der Waals surface area contributed by atoms with E-state index in [0.717, 1.165) is 44.5 Å². The van der Waals surface area contributed by atoms with Crippen LogP contribution in [0.25, 0.3) is 0 Å². The van der Waals surface area contributed by atoms with Gasteiger partial charge >= 0.3 is 0 Å². The number of benzene rings is 1. The lowest BCUT2D eigenvalue weighted by molar-refractivity contribution is 0.0200. The number of ether oxygens (including phenoxy) is 1. The van der Waals surface area contributed by atoms with Crippen LogP contribution in [0.3, 0.4) is 0 Å². The van der Waals surface area contributed by atoms with Gasteiger partial charge < -0.3 is 10.1 Å². The predicted molar refractivity (Wildman–Crippen MR) is 75.8 cm³/mol. The van der Waals surface area contributed by atoms with Crippen LogP contribution in [-0.4, -0.2) is 27.7 Å². The fourth-order valence-electron chi connectivity index (χ4n) is 2.69. The first-order chi connectivity index (χ1) is 9.65. The Bertz CT molecular complexity index is 580. The van der Waals surface area contributed by atoms with Gasteiger partial charge in [-0.1, -0.05) is 6.07 Å². The summed E-state index contributed by atoms with van der Waals surface area (Å²) in [7, 11) is -3.44. The van der Waals surface area contributed by atoms with Crippen LogP contribution in [-0.2, 0) is 27.8 Å². The number of hydrogen-bond acceptors (Lipinski definition) is 4. The van der Waals surface area contributed by atoms with E-state index in [2.05, 4.69) is 10.0 Å². The quantitative estimate of drug-likeness (QED) is 0.874. The molecule has 0 saturated carbocycles. The van der Waals surface area contributed by atoms with Crippen molar-refractivity contribution in [2.24, 2.45) is 0 Å². The fraction of sp³-hybridized carbons (Fsp3) is 0.571. The Balaban J connectivity index is 1.68. The molecule has 0 aliphatic carbocycles. The van der Waals surface area contributed by atoms with Gasteiger partial charge in [-0.2, -0.15) is 0 Å². The molecular formula is C14H20N2O3S. The van der Waals surface area contributed by atoms with Crippen molar-refractivity contribution in [3.63, 3.8) is 0 Å². The van der Waals surface area contributed by atoms with Crippen LogP contribution in [0.2, 0.25) is 0 Å². The van der Waals surface area contributed by atoms with Gasteiger partial charge in [0.15, 0.2) is 0 Å². The van der Waals surface area contributed by atoms with Gasteiger partial charge in [0.05, 0.1) is 11.0 Å². The molecule has 5 nitrogen and oxygen atoms in total. The zero-order chi connectivity index (χ0) is 14.0. The molecule has 1 fully saturated rings. The highest BCUT2D eigenvalue weighted by Gasteiger charge is 2.21. The number of fused-ring (bicyclic) bond motifs is 1. The van der Waals surface area contributed by atoms with Crippen molar-refractivity contribution in [1.82, 2.24) is 10.0 Å². The van der Waals surface area contributed by atoms with Crippen LogP contribution in [0.5, 0.6) is 0 Å². The van der Waals surface area contributed by atoms with Gasteiger partial charge in [-0.25, -0.2) is 13.1 Å². The maximum atomic E-state index is 12.3. The van der Waals surface area contributed by atoms with Gasteiger partial charge in [0, 0.05) is 26.2 Å². The summed E-state index contributed by atoms with van der Waals surface area (Å²) < 4.78 is 32.8. The first kappa shape index (κ1) is 14.0. The van der Waals surface area contributed by atoms with E-state index >= 15 is 0 Å². The average Bonchev–Trinajstić information content (AvgIpc) is 2.94. The van der Waals surface area contributed by atoms with E-state index in [1.165, 1.54) is 5.56 Å². The van der Waals surface area contributed by atoms with Crippen molar-refractivity contribution in [3.8, 4) is 0 Å². The summed E-state index contributed by atoms with van der Waals surface area (Å²) in [5.41, 5.74) is 2.25. The highest BCUT2D eigenvalue weighted by Crippen LogP contribution is 2.20. The summed E-state index contributed by atoms with van der Waals surface area (Å²) in [5.74, 6) is 0. The van der Waals surface area contributed by atoms with Gasteiger partial charge in [-0.3, -0.25) is 0 Å². The van der Waals surface area contributed by atoms with Crippen LogP contribution in [0.15, 0.2) is 23.1 Å². The number of rotatable bonds is 4. The van der Waals surface area contributed by atoms with Gasteiger partial charge in [-0.05, 0) is 42.5 Å². The van der Waals surface area contributed by atoms with Gasteiger partial charge in [0.25, 0.3) is 0 Å². The monoisotopic (exact) mass is 296 g/mol. The molecule has 0 radical (unpaired) electrons. The molecule has 2 N–H and O–H groups in total. The second-order valence-electron chi connectivity index (χ2n) is 5.37. The molecule has 1 unspecified atom stereocenters. The predicted octanol–water partition coefficient (Wildman–Crippen LogP) is 1.14. The maximum absolute atomic E-state index is 12.3. The standard InChI is InChI=1S/C14H20N2O3S/c17-20(18,16-10-13-3-1-2-6-19-13)14-5-4-11-8-15-9-12(11)7-14/h4-5,7,13,15-16H,1-3,6,8-10H2. The zero-order valence-corrected chi connectivity index (χ0v) is 12.2. The molecule has 2 aliphatic rings. The molecule has 20 heavy (non-hydrogen) atoms. The van der Waals surface area contributed by atoms with Crippen molar-refractivity contribution in [1.29, 1.82) is 0 Å². The average molecular weight is 296 g/mol. The lowest BCUT2D eigenvalue weighted by atomic mass is 10.1. The Hall–Kier alpha value is -0.950. The van der Waals surface area contributed by atoms with Crippen molar-refractivity contribution in [2.45, 2.75) is 43.4 Å². The van der Waals surface area contributed by atoms with Crippen molar-refractivity contribution < 1.29 is 13.2 Å². The summed E-state index contributed by atoms with van der Waals surface area (Å²) in [5, 5.41) is 3.21. The Morgan fingerprint density at radius 1 is 1.25 bits per heavy atom. The van der Waals surface area contributed by atoms with Crippen LogP contribution >= 0.6 is 0 Å².